The van der Waals surface area contributed by atoms with E-state index in [0.717, 1.165) is 53.1 Å². The summed E-state index contributed by atoms with van der Waals surface area (Å²) >= 11 is 0. The summed E-state index contributed by atoms with van der Waals surface area (Å²) in [6, 6.07) is 6.01. The molecule has 0 N–H and O–H groups in total. The molecule has 1 aromatic heterocycles. The third-order valence-electron chi connectivity index (χ3n) is 4.61. The fraction of sp³-hybridized carbons (Fsp3) is 0.500. The summed E-state index contributed by atoms with van der Waals surface area (Å²) in [6.07, 6.45) is 3.98. The van der Waals surface area contributed by atoms with Gasteiger partial charge in [0.05, 0.1) is 14.2 Å². The summed E-state index contributed by atoms with van der Waals surface area (Å²) in [5, 5.41) is 0. The van der Waals surface area contributed by atoms with Crippen molar-refractivity contribution in [2.24, 2.45) is 0 Å². The Morgan fingerprint density at radius 1 is 1.00 bits per heavy atom. The zero-order chi connectivity index (χ0) is 19.5. The van der Waals surface area contributed by atoms with Crippen molar-refractivity contribution in [1.29, 1.82) is 0 Å². The van der Waals surface area contributed by atoms with Gasteiger partial charge in [0.1, 0.15) is 11.5 Å². The number of hydrogen-bond acceptors (Lipinski definition) is 3. The number of nitrogens with zero attached hydrogens (tertiary/aromatic N) is 1. The van der Waals surface area contributed by atoms with E-state index in [1.165, 1.54) is 0 Å². The molecule has 4 heteroatoms. The van der Waals surface area contributed by atoms with E-state index in [-0.39, 0.29) is 11.0 Å². The number of aryl methyl sites for hydroxylation is 2. The fourth-order valence-electron chi connectivity index (χ4n) is 3.26. The van der Waals surface area contributed by atoms with E-state index in [1.54, 1.807) is 14.2 Å². The van der Waals surface area contributed by atoms with E-state index < -0.39 is 0 Å². The maximum absolute atomic E-state index is 12.4. The summed E-state index contributed by atoms with van der Waals surface area (Å²) < 4.78 is 13.2. The normalized spacial score (nSPS) is 11.5. The van der Waals surface area contributed by atoms with Crippen LogP contribution in [-0.2, 0) is 12.0 Å². The van der Waals surface area contributed by atoms with Crippen LogP contribution < -0.4 is 15.0 Å². The van der Waals surface area contributed by atoms with Gasteiger partial charge in [0, 0.05) is 23.9 Å². The van der Waals surface area contributed by atoms with Gasteiger partial charge in [-0.3, -0.25) is 4.79 Å². The molecule has 2 aromatic rings. The van der Waals surface area contributed by atoms with E-state index in [2.05, 4.69) is 27.7 Å². The van der Waals surface area contributed by atoms with Crippen molar-refractivity contribution in [3.8, 4) is 22.6 Å². The van der Waals surface area contributed by atoms with Gasteiger partial charge in [-0.1, -0.05) is 34.1 Å². The monoisotopic (exact) mass is 357 g/mol. The van der Waals surface area contributed by atoms with Gasteiger partial charge in [-0.05, 0) is 48.1 Å². The molecule has 0 aliphatic heterocycles. The highest BCUT2D eigenvalue weighted by Gasteiger charge is 2.25. The van der Waals surface area contributed by atoms with Gasteiger partial charge in [0.2, 0.25) is 0 Å². The zero-order valence-corrected chi connectivity index (χ0v) is 17.1. The SMILES string of the molecule is CCCCn1cc(-c2cc(OC)c(C(C)(C)C)c(OC)c2)cc(C)c1=O. The van der Waals surface area contributed by atoms with E-state index in [1.807, 2.05) is 35.9 Å². The Bertz CT molecular complexity index is 803. The number of aromatic nitrogens is 1. The molecule has 0 atom stereocenters. The first kappa shape index (κ1) is 20.1. The molecule has 142 valence electrons. The highest BCUT2D eigenvalue weighted by Crippen LogP contribution is 2.42. The first-order chi connectivity index (χ1) is 12.2. The summed E-state index contributed by atoms with van der Waals surface area (Å²) in [5.74, 6) is 1.60. The number of unbranched alkanes of at least 4 members (excludes halogenated alkanes) is 1. The molecule has 1 aromatic carbocycles. The van der Waals surface area contributed by atoms with Gasteiger partial charge < -0.3 is 14.0 Å². The molecule has 0 spiro atoms. The predicted molar refractivity (Wildman–Crippen MR) is 108 cm³/mol. The third kappa shape index (κ3) is 4.12. The van der Waals surface area contributed by atoms with Crippen molar-refractivity contribution >= 4 is 0 Å². The predicted octanol–water partition coefficient (Wildman–Crippen LogP) is 4.94. The van der Waals surface area contributed by atoms with Crippen LogP contribution in [0.15, 0.2) is 29.2 Å². The number of benzene rings is 1. The van der Waals surface area contributed by atoms with Crippen LogP contribution in [0.4, 0.5) is 0 Å². The molecule has 0 aliphatic rings. The quantitative estimate of drug-likeness (QED) is 0.735. The molecule has 2 rings (SSSR count). The second-order valence-electron chi connectivity index (χ2n) is 7.77. The van der Waals surface area contributed by atoms with E-state index in [9.17, 15) is 4.79 Å². The van der Waals surface area contributed by atoms with Crippen molar-refractivity contribution in [3.63, 3.8) is 0 Å². The second-order valence-corrected chi connectivity index (χ2v) is 7.77. The summed E-state index contributed by atoms with van der Waals surface area (Å²) in [6.45, 7) is 11.2. The van der Waals surface area contributed by atoms with E-state index >= 15 is 0 Å². The highest BCUT2D eigenvalue weighted by molar-refractivity contribution is 5.70. The number of hydrogen-bond donors (Lipinski definition) is 0. The summed E-state index contributed by atoms with van der Waals surface area (Å²) in [4.78, 5) is 12.4. The maximum atomic E-state index is 12.4. The number of methoxy groups -OCH3 is 2. The zero-order valence-electron chi connectivity index (χ0n) is 17.1. The Kier molecular flexibility index (Phi) is 6.17. The minimum absolute atomic E-state index is 0.0763. The van der Waals surface area contributed by atoms with Crippen LogP contribution in [0, 0.1) is 6.92 Å². The van der Waals surface area contributed by atoms with Gasteiger partial charge in [0.25, 0.3) is 5.56 Å². The first-order valence-corrected chi connectivity index (χ1v) is 9.20. The fourth-order valence-corrected chi connectivity index (χ4v) is 3.26. The molecular weight excluding hydrogens is 326 g/mol. The molecule has 1 heterocycles. The largest absolute Gasteiger partial charge is 0.496 e. The van der Waals surface area contributed by atoms with E-state index in [4.69, 9.17) is 9.47 Å². The Labute approximate surface area is 156 Å². The van der Waals surface area contributed by atoms with Gasteiger partial charge in [-0.15, -0.1) is 0 Å². The molecule has 0 radical (unpaired) electrons. The van der Waals surface area contributed by atoms with Gasteiger partial charge >= 0.3 is 0 Å². The minimum atomic E-state index is -0.106. The van der Waals surface area contributed by atoms with Crippen molar-refractivity contribution in [1.82, 2.24) is 4.57 Å². The average molecular weight is 357 g/mol. The lowest BCUT2D eigenvalue weighted by Crippen LogP contribution is -2.22. The molecule has 4 nitrogen and oxygen atoms in total. The van der Waals surface area contributed by atoms with E-state index in [0.29, 0.717) is 0 Å². The molecule has 0 saturated carbocycles. The molecular formula is C22H31NO3. The van der Waals surface area contributed by atoms with Crippen molar-refractivity contribution in [2.45, 2.75) is 59.4 Å². The molecule has 0 saturated heterocycles. The van der Waals surface area contributed by atoms with Crippen molar-refractivity contribution < 1.29 is 9.47 Å². The standard InChI is InChI=1S/C22H31NO3/c1-8-9-10-23-14-17(11-15(2)21(23)24)16-12-18(25-6)20(22(3,4)5)19(13-16)26-7/h11-14H,8-10H2,1-7H3. The number of rotatable bonds is 6. The summed E-state index contributed by atoms with van der Waals surface area (Å²) in [5.41, 5.74) is 3.74. The first-order valence-electron chi connectivity index (χ1n) is 9.20. The summed E-state index contributed by atoms with van der Waals surface area (Å²) in [7, 11) is 3.36. The van der Waals surface area contributed by atoms with Crippen molar-refractivity contribution in [3.05, 3.63) is 45.9 Å². The Morgan fingerprint density at radius 3 is 2.04 bits per heavy atom. The molecule has 26 heavy (non-hydrogen) atoms. The molecule has 0 unspecified atom stereocenters. The minimum Gasteiger partial charge on any atom is -0.496 e. The molecule has 0 amide bonds. The molecule has 0 aliphatic carbocycles. The molecule has 0 fully saturated rings. The Hall–Kier alpha value is -2.23. The third-order valence-corrected chi connectivity index (χ3v) is 4.61. The lowest BCUT2D eigenvalue weighted by Gasteiger charge is -2.25. The smallest absolute Gasteiger partial charge is 0.253 e. The highest BCUT2D eigenvalue weighted by atomic mass is 16.5. The second kappa shape index (κ2) is 7.98. The number of pyridine rings is 1. The van der Waals surface area contributed by atoms with Crippen LogP contribution >= 0.6 is 0 Å². The molecule has 0 bridgehead atoms. The van der Waals surface area contributed by atoms with Crippen LogP contribution in [-0.4, -0.2) is 18.8 Å². The van der Waals surface area contributed by atoms with Crippen molar-refractivity contribution in [2.75, 3.05) is 14.2 Å². The lowest BCUT2D eigenvalue weighted by molar-refractivity contribution is 0.368. The van der Waals surface area contributed by atoms with Gasteiger partial charge in [0.15, 0.2) is 0 Å². The van der Waals surface area contributed by atoms with Gasteiger partial charge in [-0.25, -0.2) is 0 Å². The average Bonchev–Trinajstić information content (AvgIpc) is 2.60. The van der Waals surface area contributed by atoms with Crippen LogP contribution in [0.2, 0.25) is 0 Å². The van der Waals surface area contributed by atoms with Crippen LogP contribution in [0.1, 0.15) is 51.7 Å². The topological polar surface area (TPSA) is 40.5 Å². The van der Waals surface area contributed by atoms with Crippen LogP contribution in [0.25, 0.3) is 11.1 Å². The van der Waals surface area contributed by atoms with Crippen LogP contribution in [0.3, 0.4) is 0 Å². The Balaban J connectivity index is 2.66. The van der Waals surface area contributed by atoms with Crippen LogP contribution in [0.5, 0.6) is 11.5 Å². The lowest BCUT2D eigenvalue weighted by atomic mass is 9.84. The Morgan fingerprint density at radius 2 is 1.58 bits per heavy atom. The number of ether oxygens (including phenoxy) is 2. The van der Waals surface area contributed by atoms with Gasteiger partial charge in [-0.2, -0.15) is 0 Å². The maximum Gasteiger partial charge on any atom is 0.253 e.